The van der Waals surface area contributed by atoms with Gasteiger partial charge in [-0.05, 0) is 52.4 Å². The SMILES string of the molecule is O=C(Nc1ccc(-n2cnnn2)cc1)c1ccc(CN2CCOCC2)cc1. The van der Waals surface area contributed by atoms with E-state index in [0.717, 1.165) is 38.5 Å². The lowest BCUT2D eigenvalue weighted by atomic mass is 10.1. The zero-order valence-corrected chi connectivity index (χ0v) is 14.8. The maximum Gasteiger partial charge on any atom is 0.255 e. The summed E-state index contributed by atoms with van der Waals surface area (Å²) >= 11 is 0. The summed E-state index contributed by atoms with van der Waals surface area (Å²) in [5.41, 5.74) is 3.37. The van der Waals surface area contributed by atoms with Gasteiger partial charge in [-0.2, -0.15) is 0 Å². The molecule has 1 fully saturated rings. The standard InChI is InChI=1S/C19H20N6O2/c26-19(21-17-5-7-18(8-6-17)25-14-20-22-23-25)16-3-1-15(2-4-16)13-24-9-11-27-12-10-24/h1-8,14H,9-13H2,(H,21,26). The van der Waals surface area contributed by atoms with Gasteiger partial charge < -0.3 is 10.1 Å². The Bertz CT molecular complexity index is 872. The van der Waals surface area contributed by atoms with Gasteiger partial charge in [-0.3, -0.25) is 9.69 Å². The lowest BCUT2D eigenvalue weighted by Gasteiger charge is -2.26. The van der Waals surface area contributed by atoms with Crippen molar-refractivity contribution in [2.75, 3.05) is 31.6 Å². The van der Waals surface area contributed by atoms with E-state index in [2.05, 4.69) is 25.7 Å². The highest BCUT2D eigenvalue weighted by atomic mass is 16.5. The van der Waals surface area contributed by atoms with Crippen LogP contribution in [0.4, 0.5) is 5.69 Å². The molecule has 0 saturated carbocycles. The average molecular weight is 364 g/mol. The van der Waals surface area contributed by atoms with Gasteiger partial charge in [0.05, 0.1) is 18.9 Å². The van der Waals surface area contributed by atoms with E-state index in [-0.39, 0.29) is 5.91 Å². The van der Waals surface area contributed by atoms with Gasteiger partial charge in [0.1, 0.15) is 6.33 Å². The van der Waals surface area contributed by atoms with Crippen LogP contribution in [0, 0.1) is 0 Å². The Balaban J connectivity index is 1.36. The van der Waals surface area contributed by atoms with Crippen molar-refractivity contribution < 1.29 is 9.53 Å². The first kappa shape index (κ1) is 17.3. The molecule has 8 nitrogen and oxygen atoms in total. The number of anilines is 1. The van der Waals surface area contributed by atoms with Gasteiger partial charge in [-0.15, -0.1) is 5.10 Å². The Morgan fingerprint density at radius 2 is 1.78 bits per heavy atom. The van der Waals surface area contributed by atoms with E-state index in [1.165, 1.54) is 11.9 Å². The number of tetrazole rings is 1. The molecule has 0 radical (unpaired) electrons. The topological polar surface area (TPSA) is 85.2 Å². The molecule has 1 aliphatic rings. The van der Waals surface area contributed by atoms with Gasteiger partial charge in [-0.25, -0.2) is 4.68 Å². The summed E-state index contributed by atoms with van der Waals surface area (Å²) in [6.45, 7) is 4.34. The maximum absolute atomic E-state index is 12.5. The van der Waals surface area contributed by atoms with Crippen LogP contribution in [0.25, 0.3) is 5.69 Å². The second-order valence-corrected chi connectivity index (χ2v) is 6.34. The largest absolute Gasteiger partial charge is 0.379 e. The number of amides is 1. The highest BCUT2D eigenvalue weighted by Gasteiger charge is 2.11. The lowest BCUT2D eigenvalue weighted by molar-refractivity contribution is 0.0342. The van der Waals surface area contributed by atoms with Crippen LogP contribution < -0.4 is 5.32 Å². The molecule has 1 aromatic heterocycles. The van der Waals surface area contributed by atoms with Crippen molar-refractivity contribution in [2.45, 2.75) is 6.54 Å². The molecule has 1 amide bonds. The molecule has 2 heterocycles. The Hall–Kier alpha value is -3.10. The molecule has 0 atom stereocenters. The van der Waals surface area contributed by atoms with Crippen LogP contribution >= 0.6 is 0 Å². The predicted molar refractivity (Wildman–Crippen MR) is 99.6 cm³/mol. The number of nitrogens with one attached hydrogen (secondary N) is 1. The predicted octanol–water partition coefficient (Wildman–Crippen LogP) is 1.75. The van der Waals surface area contributed by atoms with E-state index in [0.29, 0.717) is 11.3 Å². The molecule has 0 unspecified atom stereocenters. The van der Waals surface area contributed by atoms with Crippen LogP contribution in [0.2, 0.25) is 0 Å². The average Bonchev–Trinajstić information content (AvgIpc) is 3.25. The summed E-state index contributed by atoms with van der Waals surface area (Å²) in [4.78, 5) is 14.8. The van der Waals surface area contributed by atoms with Crippen molar-refractivity contribution in [3.8, 4) is 5.69 Å². The molecular weight excluding hydrogens is 344 g/mol. The number of aromatic nitrogens is 4. The molecule has 27 heavy (non-hydrogen) atoms. The summed E-state index contributed by atoms with van der Waals surface area (Å²) in [6.07, 6.45) is 1.52. The van der Waals surface area contributed by atoms with Crippen LogP contribution in [0.5, 0.6) is 0 Å². The summed E-state index contributed by atoms with van der Waals surface area (Å²) in [5.74, 6) is -0.136. The Labute approximate surface area is 156 Å². The fourth-order valence-corrected chi connectivity index (χ4v) is 2.96. The molecule has 2 aromatic carbocycles. The lowest BCUT2D eigenvalue weighted by Crippen LogP contribution is -2.35. The van der Waals surface area contributed by atoms with E-state index in [1.54, 1.807) is 4.68 Å². The highest BCUT2D eigenvalue weighted by molar-refractivity contribution is 6.04. The van der Waals surface area contributed by atoms with E-state index < -0.39 is 0 Å². The first-order valence-electron chi connectivity index (χ1n) is 8.82. The number of morpholine rings is 1. The smallest absolute Gasteiger partial charge is 0.255 e. The third-order valence-corrected chi connectivity index (χ3v) is 4.46. The van der Waals surface area contributed by atoms with E-state index in [4.69, 9.17) is 4.74 Å². The van der Waals surface area contributed by atoms with Crippen LogP contribution in [0.3, 0.4) is 0 Å². The number of carbonyl (C=O) groups excluding carboxylic acids is 1. The Morgan fingerprint density at radius 3 is 2.44 bits per heavy atom. The first-order chi connectivity index (χ1) is 13.3. The van der Waals surface area contributed by atoms with E-state index >= 15 is 0 Å². The van der Waals surface area contributed by atoms with E-state index in [1.807, 2.05) is 48.5 Å². The van der Waals surface area contributed by atoms with Crippen molar-refractivity contribution in [3.63, 3.8) is 0 Å². The molecule has 1 N–H and O–H groups in total. The summed E-state index contributed by atoms with van der Waals surface area (Å²) < 4.78 is 6.92. The van der Waals surface area contributed by atoms with Gasteiger partial charge >= 0.3 is 0 Å². The molecule has 4 rings (SSSR count). The minimum absolute atomic E-state index is 0.136. The number of carbonyl (C=O) groups is 1. The van der Waals surface area contributed by atoms with Gasteiger partial charge in [0.2, 0.25) is 0 Å². The van der Waals surface area contributed by atoms with Crippen LogP contribution in [0.1, 0.15) is 15.9 Å². The molecule has 1 aliphatic heterocycles. The summed E-state index contributed by atoms with van der Waals surface area (Å²) in [7, 11) is 0. The highest BCUT2D eigenvalue weighted by Crippen LogP contribution is 2.14. The second kappa shape index (κ2) is 8.07. The zero-order chi connectivity index (χ0) is 18.5. The third kappa shape index (κ3) is 4.36. The minimum Gasteiger partial charge on any atom is -0.379 e. The van der Waals surface area contributed by atoms with Gasteiger partial charge in [0.25, 0.3) is 5.91 Å². The monoisotopic (exact) mass is 364 g/mol. The van der Waals surface area contributed by atoms with Crippen molar-refractivity contribution in [1.29, 1.82) is 0 Å². The number of nitrogens with zero attached hydrogens (tertiary/aromatic N) is 5. The molecule has 138 valence electrons. The first-order valence-corrected chi connectivity index (χ1v) is 8.82. The molecule has 0 bridgehead atoms. The third-order valence-electron chi connectivity index (χ3n) is 4.46. The normalized spacial score (nSPS) is 14.8. The number of hydrogen-bond donors (Lipinski definition) is 1. The summed E-state index contributed by atoms with van der Waals surface area (Å²) in [5, 5.41) is 13.9. The molecule has 1 saturated heterocycles. The Morgan fingerprint density at radius 1 is 1.04 bits per heavy atom. The number of rotatable bonds is 5. The summed E-state index contributed by atoms with van der Waals surface area (Å²) in [6, 6.07) is 15.1. The molecule has 0 spiro atoms. The molecular formula is C19H20N6O2. The molecule has 0 aliphatic carbocycles. The van der Waals surface area contributed by atoms with Crippen LogP contribution in [-0.4, -0.2) is 57.3 Å². The van der Waals surface area contributed by atoms with Gasteiger partial charge in [-0.1, -0.05) is 12.1 Å². The maximum atomic E-state index is 12.5. The quantitative estimate of drug-likeness (QED) is 0.742. The van der Waals surface area contributed by atoms with Crippen molar-refractivity contribution >= 4 is 11.6 Å². The second-order valence-electron chi connectivity index (χ2n) is 6.34. The van der Waals surface area contributed by atoms with Crippen LogP contribution in [0.15, 0.2) is 54.9 Å². The van der Waals surface area contributed by atoms with Crippen molar-refractivity contribution in [2.24, 2.45) is 0 Å². The van der Waals surface area contributed by atoms with Crippen molar-refractivity contribution in [3.05, 3.63) is 66.0 Å². The zero-order valence-electron chi connectivity index (χ0n) is 14.8. The number of hydrogen-bond acceptors (Lipinski definition) is 6. The number of benzene rings is 2. The fourth-order valence-electron chi connectivity index (χ4n) is 2.96. The minimum atomic E-state index is -0.136. The fraction of sp³-hybridized carbons (Fsp3) is 0.263. The van der Waals surface area contributed by atoms with Crippen molar-refractivity contribution in [1.82, 2.24) is 25.1 Å². The Kier molecular flexibility index (Phi) is 5.17. The van der Waals surface area contributed by atoms with Gasteiger partial charge in [0.15, 0.2) is 0 Å². The van der Waals surface area contributed by atoms with E-state index in [9.17, 15) is 4.79 Å². The van der Waals surface area contributed by atoms with Crippen LogP contribution in [-0.2, 0) is 11.3 Å². The number of ether oxygens (including phenoxy) is 1. The molecule has 8 heteroatoms. The van der Waals surface area contributed by atoms with Gasteiger partial charge in [0, 0.05) is 30.9 Å². The molecule has 3 aromatic rings.